The molecule has 0 spiro atoms. The average Bonchev–Trinajstić information content (AvgIpc) is 3.20. The van der Waals surface area contributed by atoms with Crippen molar-refractivity contribution in [2.45, 2.75) is 29.7 Å². The summed E-state index contributed by atoms with van der Waals surface area (Å²) in [6.45, 7) is 7.26. The first-order chi connectivity index (χ1) is 13.6. The second-order valence-corrected chi connectivity index (χ2v) is 26.3. The number of hydrogen-bond donors (Lipinski definition) is 0. The van der Waals surface area contributed by atoms with Gasteiger partial charge in [0.1, 0.15) is 0 Å². The van der Waals surface area contributed by atoms with Crippen LogP contribution in [0, 0.1) is 0 Å². The molecule has 30 heavy (non-hydrogen) atoms. The van der Waals surface area contributed by atoms with E-state index in [9.17, 15) is 0 Å². The van der Waals surface area contributed by atoms with Gasteiger partial charge in [-0.25, -0.2) is 0 Å². The van der Waals surface area contributed by atoms with Gasteiger partial charge in [0.2, 0.25) is 0 Å². The van der Waals surface area contributed by atoms with Gasteiger partial charge in [-0.05, 0) is 0 Å². The molecule has 0 aliphatic heterocycles. The van der Waals surface area contributed by atoms with Crippen LogP contribution in [0.4, 0.5) is 0 Å². The second kappa shape index (κ2) is 9.67. The molecular weight excluding hydrogens is 506 g/mol. The first-order valence-electron chi connectivity index (χ1n) is 10.1. The molecule has 0 radical (unpaired) electrons. The predicted molar refractivity (Wildman–Crippen MR) is 117 cm³/mol. The summed E-state index contributed by atoms with van der Waals surface area (Å²) in [5.41, 5.74) is 9.97. The van der Waals surface area contributed by atoms with Gasteiger partial charge in [-0.15, -0.1) is 0 Å². The van der Waals surface area contributed by atoms with Crippen LogP contribution in [-0.2, 0) is 24.2 Å². The number of fused-ring (bicyclic) bond motifs is 4. The van der Waals surface area contributed by atoms with Crippen LogP contribution in [-0.4, -0.2) is 5.92 Å². The fraction of sp³-hybridized carbons (Fsp3) is 0.200. The minimum atomic E-state index is -2.21. The zero-order chi connectivity index (χ0) is 19.3. The Morgan fingerprint density at radius 3 is 1.80 bits per heavy atom. The molecule has 0 aromatic heterocycles. The molecular formula is C25H25Cl2OSiZr. The fourth-order valence-electron chi connectivity index (χ4n) is 4.74. The van der Waals surface area contributed by atoms with Crippen molar-refractivity contribution in [2.75, 3.05) is 0 Å². The maximum atomic E-state index is 7.20. The number of halogens is 2. The largest absolute Gasteiger partial charge is 1.00 e. The van der Waals surface area contributed by atoms with Crippen LogP contribution >= 0.6 is 0 Å². The Kier molecular flexibility index (Phi) is 7.64. The zero-order valence-electron chi connectivity index (χ0n) is 17.4. The van der Waals surface area contributed by atoms with Crippen LogP contribution in [0.2, 0.25) is 13.1 Å². The third-order valence-electron chi connectivity index (χ3n) is 6.02. The van der Waals surface area contributed by atoms with Crippen LogP contribution in [0.25, 0.3) is 17.2 Å². The van der Waals surface area contributed by atoms with Crippen molar-refractivity contribution in [2.24, 2.45) is 0 Å². The van der Waals surface area contributed by atoms with E-state index in [2.05, 4.69) is 98.9 Å². The van der Waals surface area contributed by atoms with Crippen molar-refractivity contribution in [3.8, 4) is 11.1 Å². The van der Waals surface area contributed by atoms with Gasteiger partial charge >= 0.3 is 178 Å². The van der Waals surface area contributed by atoms with E-state index in [1.54, 1.807) is 0 Å². The van der Waals surface area contributed by atoms with E-state index >= 15 is 0 Å². The number of hydrogen-bond acceptors (Lipinski definition) is 1. The Labute approximate surface area is 201 Å². The van der Waals surface area contributed by atoms with Crippen molar-refractivity contribution in [1.29, 1.82) is 0 Å². The molecule has 0 saturated heterocycles. The van der Waals surface area contributed by atoms with E-state index in [4.69, 9.17) is 2.81 Å². The van der Waals surface area contributed by atoms with Gasteiger partial charge in [0.15, 0.2) is 0 Å². The molecule has 1 unspecified atom stereocenters. The van der Waals surface area contributed by atoms with Gasteiger partial charge < -0.3 is 24.8 Å². The molecule has 3 aromatic carbocycles. The molecule has 3 aromatic rings. The van der Waals surface area contributed by atoms with Gasteiger partial charge in [-0.2, -0.15) is 0 Å². The maximum Gasteiger partial charge on any atom is -1.00 e. The summed E-state index contributed by atoms with van der Waals surface area (Å²) in [7, 11) is 0. The van der Waals surface area contributed by atoms with E-state index < -0.39 is 27.3 Å². The molecule has 1 atom stereocenters. The van der Waals surface area contributed by atoms with Crippen molar-refractivity contribution in [3.63, 3.8) is 0 Å². The van der Waals surface area contributed by atoms with Crippen molar-refractivity contribution < 1.29 is 49.0 Å². The molecule has 1 nitrogen and oxygen atoms in total. The quantitative estimate of drug-likeness (QED) is 0.445. The third-order valence-corrected chi connectivity index (χ3v) is 22.5. The average molecular weight is 532 g/mol. The van der Waals surface area contributed by atoms with E-state index in [-0.39, 0.29) is 30.9 Å². The van der Waals surface area contributed by atoms with Gasteiger partial charge in [0.25, 0.3) is 0 Å². The third kappa shape index (κ3) is 3.96. The Bertz CT molecular complexity index is 1040. The molecule has 5 rings (SSSR count). The summed E-state index contributed by atoms with van der Waals surface area (Å²) in [5.74, 6) is -0.907. The minimum Gasteiger partial charge on any atom is -1.00 e. The smallest absolute Gasteiger partial charge is 1.00 e. The number of rotatable bonds is 4. The maximum absolute atomic E-state index is 7.20. The molecule has 0 heterocycles. The molecule has 0 N–H and O–H groups in total. The number of benzene rings is 3. The molecule has 0 amide bonds. The van der Waals surface area contributed by atoms with E-state index in [1.807, 2.05) is 0 Å². The summed E-state index contributed by atoms with van der Waals surface area (Å²) in [6.07, 6.45) is 2.49. The van der Waals surface area contributed by atoms with E-state index in [1.165, 1.54) is 39.0 Å². The van der Waals surface area contributed by atoms with Crippen molar-refractivity contribution >= 4 is 12.0 Å². The standard InChI is InChI=1S/C13H9.C10H9O.C2H7Si.2ClH.Zr/c1-3-7-12-10(5-1)9-11-6-2-4-8-13(11)12;1-7-6-8-4-2-3-5-9(8)10(7)11;1-3-2;;;/h1-9H;2-6,10H,1H3;3H,1-2H3;2*1H;/q;-1;;;;+3/p-2. The topological polar surface area (TPSA) is 9.23 Å². The molecule has 0 bridgehead atoms. The summed E-state index contributed by atoms with van der Waals surface area (Å²) in [6, 6.07) is 26.8. The fourth-order valence-corrected chi connectivity index (χ4v) is 20.0. The Morgan fingerprint density at radius 2 is 1.23 bits per heavy atom. The normalized spacial score (nSPS) is 16.1. The van der Waals surface area contributed by atoms with Crippen molar-refractivity contribution in [3.05, 3.63) is 101 Å². The zero-order valence-corrected chi connectivity index (χ0v) is 22.5. The summed E-state index contributed by atoms with van der Waals surface area (Å²) in [4.78, 5) is 0. The van der Waals surface area contributed by atoms with Crippen LogP contribution in [0.1, 0.15) is 38.9 Å². The first kappa shape index (κ1) is 23.7. The van der Waals surface area contributed by atoms with Gasteiger partial charge in [-0.1, -0.05) is 0 Å². The van der Waals surface area contributed by atoms with Crippen LogP contribution in [0.15, 0.2) is 78.4 Å². The van der Waals surface area contributed by atoms with Crippen LogP contribution in [0.3, 0.4) is 0 Å². The molecule has 5 heteroatoms. The Balaban J connectivity index is 0.00000128. The van der Waals surface area contributed by atoms with Crippen LogP contribution < -0.4 is 24.8 Å². The predicted octanol–water partition coefficient (Wildman–Crippen LogP) is 0.456. The summed E-state index contributed by atoms with van der Waals surface area (Å²) < 4.78 is 7.73. The van der Waals surface area contributed by atoms with Crippen LogP contribution in [0.5, 0.6) is 0 Å². The Morgan fingerprint density at radius 1 is 0.733 bits per heavy atom. The van der Waals surface area contributed by atoms with E-state index in [0.717, 1.165) is 0 Å². The summed E-state index contributed by atoms with van der Waals surface area (Å²) in [5, 5.41) is 0. The molecule has 153 valence electrons. The van der Waals surface area contributed by atoms with Gasteiger partial charge in [-0.3, -0.25) is 0 Å². The van der Waals surface area contributed by atoms with E-state index in [0.29, 0.717) is 3.63 Å². The van der Waals surface area contributed by atoms with Crippen molar-refractivity contribution in [1.82, 2.24) is 0 Å². The summed E-state index contributed by atoms with van der Waals surface area (Å²) >= 11 is -2.21. The first-order valence-corrected chi connectivity index (χ1v) is 19.7. The monoisotopic (exact) mass is 529 g/mol. The molecule has 2 aliphatic carbocycles. The molecule has 2 aliphatic rings. The molecule has 0 saturated carbocycles. The second-order valence-electron chi connectivity index (χ2n) is 8.18. The van der Waals surface area contributed by atoms with Gasteiger partial charge in [0.05, 0.1) is 0 Å². The Hall–Kier alpha value is -0.960. The van der Waals surface area contributed by atoms with Gasteiger partial charge in [0, 0.05) is 0 Å². The SMILES string of the molecule is CC1=Cc2ccccc2C1[O][Zr+2]([CH]1c2ccccc2-c2ccccc21)[SiH](C)C.[Cl-].[Cl-]. The molecule has 0 fully saturated rings. The minimum absolute atomic E-state index is 0.